The lowest BCUT2D eigenvalue weighted by Crippen LogP contribution is -2.45. The highest BCUT2D eigenvalue weighted by molar-refractivity contribution is 5.95. The molecule has 0 bridgehead atoms. The van der Waals surface area contributed by atoms with E-state index < -0.39 is 18.0 Å². The summed E-state index contributed by atoms with van der Waals surface area (Å²) in [7, 11) is 2.82. The van der Waals surface area contributed by atoms with Crippen molar-refractivity contribution in [3.05, 3.63) is 29.0 Å². The largest absolute Gasteiger partial charge is 0.502 e. The fourth-order valence-corrected chi connectivity index (χ4v) is 3.52. The van der Waals surface area contributed by atoms with Gasteiger partial charge in [0.2, 0.25) is 5.75 Å². The topological polar surface area (TPSA) is 106 Å². The first kappa shape index (κ1) is 18.9. The first-order chi connectivity index (χ1) is 12.9. The molecule has 27 heavy (non-hydrogen) atoms. The Hall–Kier alpha value is -2.90. The lowest BCUT2D eigenvalue weighted by atomic mass is 9.95. The number of benzene rings is 1. The van der Waals surface area contributed by atoms with Gasteiger partial charge in [-0.1, -0.05) is 0 Å². The molecule has 0 spiro atoms. The number of urea groups is 1. The smallest absolute Gasteiger partial charge is 0.338 e. The number of carbonyl (C=O) groups excluding carboxylic acids is 2. The Morgan fingerprint density at radius 1 is 1.15 bits per heavy atom. The van der Waals surface area contributed by atoms with E-state index in [0.29, 0.717) is 16.8 Å². The number of aromatic hydroxyl groups is 1. The molecular formula is C19H24N2O6. The van der Waals surface area contributed by atoms with Gasteiger partial charge in [-0.05, 0) is 50.3 Å². The molecule has 3 rings (SSSR count). The van der Waals surface area contributed by atoms with Crippen molar-refractivity contribution in [3.8, 4) is 17.2 Å². The summed E-state index contributed by atoms with van der Waals surface area (Å²) in [6.07, 6.45) is 3.69. The van der Waals surface area contributed by atoms with Gasteiger partial charge in [0, 0.05) is 5.70 Å². The Labute approximate surface area is 157 Å². The van der Waals surface area contributed by atoms with Gasteiger partial charge < -0.3 is 30.0 Å². The molecule has 3 N–H and O–H groups in total. The molecule has 1 aromatic carbocycles. The third-order valence-corrected chi connectivity index (χ3v) is 4.90. The van der Waals surface area contributed by atoms with E-state index in [1.807, 2.05) is 0 Å². The van der Waals surface area contributed by atoms with E-state index >= 15 is 0 Å². The van der Waals surface area contributed by atoms with Crippen LogP contribution in [0.2, 0.25) is 0 Å². The number of nitrogens with one attached hydrogen (secondary N) is 2. The molecule has 1 saturated carbocycles. The maximum Gasteiger partial charge on any atom is 0.338 e. The standard InChI is InChI=1S/C19H24N2O6/c1-10-15(18(23)27-12-6-4-5-7-12)16(21-19(24)20-10)11-8-13(25-2)17(22)14(9-11)26-3/h8-9,12,16,22H,4-7H2,1-3H3,(H2,20,21,24). The van der Waals surface area contributed by atoms with Crippen molar-refractivity contribution in [2.45, 2.75) is 44.8 Å². The summed E-state index contributed by atoms with van der Waals surface area (Å²) in [5.74, 6) is -0.265. The van der Waals surface area contributed by atoms with Crippen molar-refractivity contribution in [2.24, 2.45) is 0 Å². The van der Waals surface area contributed by atoms with E-state index in [1.165, 1.54) is 14.2 Å². The lowest BCUT2D eigenvalue weighted by molar-refractivity contribution is -0.144. The molecule has 146 valence electrons. The Morgan fingerprint density at radius 2 is 1.74 bits per heavy atom. The number of carbonyl (C=O) groups is 2. The van der Waals surface area contributed by atoms with E-state index in [9.17, 15) is 14.7 Å². The van der Waals surface area contributed by atoms with Crippen LogP contribution in [0.3, 0.4) is 0 Å². The molecular weight excluding hydrogens is 352 g/mol. The zero-order valence-corrected chi connectivity index (χ0v) is 15.6. The zero-order valence-electron chi connectivity index (χ0n) is 15.6. The number of phenols is 1. The number of hydrogen-bond donors (Lipinski definition) is 3. The summed E-state index contributed by atoms with van der Waals surface area (Å²) in [5, 5.41) is 15.5. The molecule has 2 aliphatic rings. The van der Waals surface area contributed by atoms with Gasteiger partial charge in [-0.3, -0.25) is 0 Å². The number of hydrogen-bond acceptors (Lipinski definition) is 6. The Kier molecular flexibility index (Phi) is 5.43. The molecule has 1 aliphatic carbocycles. The summed E-state index contributed by atoms with van der Waals surface area (Å²) in [6.45, 7) is 1.66. The molecule has 2 amide bonds. The van der Waals surface area contributed by atoms with Crippen LogP contribution in [0.4, 0.5) is 4.79 Å². The number of amides is 2. The SMILES string of the molecule is COc1cc(C2NC(=O)NC(C)=C2C(=O)OC2CCCC2)cc(OC)c1O. The second kappa shape index (κ2) is 7.77. The predicted octanol–water partition coefficient (Wildman–Crippen LogP) is 2.52. The van der Waals surface area contributed by atoms with Crippen LogP contribution in [-0.4, -0.2) is 37.4 Å². The number of phenolic OH excluding ortho intramolecular Hbond substituents is 1. The van der Waals surface area contributed by atoms with Crippen LogP contribution in [-0.2, 0) is 9.53 Å². The number of esters is 1. The van der Waals surface area contributed by atoms with Crippen LogP contribution >= 0.6 is 0 Å². The van der Waals surface area contributed by atoms with Crippen molar-refractivity contribution in [1.82, 2.24) is 10.6 Å². The maximum atomic E-state index is 12.8. The molecule has 1 aromatic rings. The summed E-state index contributed by atoms with van der Waals surface area (Å²) in [5.41, 5.74) is 1.28. The first-order valence-corrected chi connectivity index (χ1v) is 8.88. The highest BCUT2D eigenvalue weighted by atomic mass is 16.5. The fraction of sp³-hybridized carbons (Fsp3) is 0.474. The van der Waals surface area contributed by atoms with E-state index in [0.717, 1.165) is 25.7 Å². The van der Waals surface area contributed by atoms with Gasteiger partial charge in [-0.2, -0.15) is 0 Å². The van der Waals surface area contributed by atoms with Crippen molar-refractivity contribution in [2.75, 3.05) is 14.2 Å². The van der Waals surface area contributed by atoms with Crippen LogP contribution in [0.5, 0.6) is 17.2 Å². The molecule has 0 saturated heterocycles. The van der Waals surface area contributed by atoms with Gasteiger partial charge in [0.15, 0.2) is 11.5 Å². The second-order valence-electron chi connectivity index (χ2n) is 6.66. The molecule has 1 fully saturated rings. The second-order valence-corrected chi connectivity index (χ2v) is 6.66. The molecule has 8 heteroatoms. The summed E-state index contributed by atoms with van der Waals surface area (Å²) < 4.78 is 16.0. The highest BCUT2D eigenvalue weighted by Crippen LogP contribution is 2.41. The van der Waals surface area contributed by atoms with Crippen LogP contribution in [0, 0.1) is 0 Å². The van der Waals surface area contributed by atoms with Crippen molar-refractivity contribution < 1.29 is 28.9 Å². The Balaban J connectivity index is 1.99. The fourth-order valence-electron chi connectivity index (χ4n) is 3.52. The van der Waals surface area contributed by atoms with E-state index in [1.54, 1.807) is 19.1 Å². The quantitative estimate of drug-likeness (QED) is 0.682. The van der Waals surface area contributed by atoms with Crippen LogP contribution in [0.15, 0.2) is 23.4 Å². The predicted molar refractivity (Wildman–Crippen MR) is 96.7 cm³/mol. The van der Waals surface area contributed by atoms with E-state index in [4.69, 9.17) is 14.2 Å². The minimum absolute atomic E-state index is 0.0973. The van der Waals surface area contributed by atoms with Gasteiger partial charge in [0.1, 0.15) is 6.10 Å². The first-order valence-electron chi connectivity index (χ1n) is 8.88. The molecule has 0 aromatic heterocycles. The molecule has 1 atom stereocenters. The van der Waals surface area contributed by atoms with Crippen LogP contribution in [0.1, 0.15) is 44.2 Å². The number of rotatable bonds is 5. The van der Waals surface area contributed by atoms with Gasteiger partial charge in [-0.25, -0.2) is 9.59 Å². The molecule has 1 aliphatic heterocycles. The number of ether oxygens (including phenoxy) is 3. The van der Waals surface area contributed by atoms with E-state index in [2.05, 4.69) is 10.6 Å². The highest BCUT2D eigenvalue weighted by Gasteiger charge is 2.34. The third kappa shape index (κ3) is 3.79. The van der Waals surface area contributed by atoms with Gasteiger partial charge in [0.05, 0.1) is 25.8 Å². The van der Waals surface area contributed by atoms with Crippen LogP contribution < -0.4 is 20.1 Å². The van der Waals surface area contributed by atoms with Gasteiger partial charge >= 0.3 is 12.0 Å². The molecule has 1 heterocycles. The van der Waals surface area contributed by atoms with Crippen molar-refractivity contribution >= 4 is 12.0 Å². The summed E-state index contributed by atoms with van der Waals surface area (Å²) in [6, 6.07) is 1.94. The summed E-state index contributed by atoms with van der Waals surface area (Å²) in [4.78, 5) is 24.9. The Morgan fingerprint density at radius 3 is 2.30 bits per heavy atom. The number of methoxy groups -OCH3 is 2. The maximum absolute atomic E-state index is 12.8. The lowest BCUT2D eigenvalue weighted by Gasteiger charge is -2.29. The van der Waals surface area contributed by atoms with E-state index in [-0.39, 0.29) is 23.4 Å². The molecule has 0 radical (unpaired) electrons. The minimum Gasteiger partial charge on any atom is -0.502 e. The normalized spacial score (nSPS) is 20.1. The average Bonchev–Trinajstić information content (AvgIpc) is 3.14. The molecule has 8 nitrogen and oxygen atoms in total. The zero-order chi connectivity index (χ0) is 19.6. The van der Waals surface area contributed by atoms with Crippen molar-refractivity contribution in [1.29, 1.82) is 0 Å². The van der Waals surface area contributed by atoms with Crippen LogP contribution in [0.25, 0.3) is 0 Å². The van der Waals surface area contributed by atoms with Gasteiger partial charge in [-0.15, -0.1) is 0 Å². The third-order valence-electron chi connectivity index (χ3n) is 4.90. The number of allylic oxidation sites excluding steroid dienone is 1. The van der Waals surface area contributed by atoms with Crippen molar-refractivity contribution in [3.63, 3.8) is 0 Å². The molecule has 1 unspecified atom stereocenters. The minimum atomic E-state index is -0.754. The average molecular weight is 376 g/mol. The van der Waals surface area contributed by atoms with Gasteiger partial charge in [0.25, 0.3) is 0 Å². The summed E-state index contributed by atoms with van der Waals surface area (Å²) >= 11 is 0. The monoisotopic (exact) mass is 376 g/mol. The Bertz CT molecular complexity index is 757.